The van der Waals surface area contributed by atoms with Crippen molar-refractivity contribution in [2.45, 2.75) is 40.7 Å². The van der Waals surface area contributed by atoms with E-state index in [1.807, 2.05) is 11.9 Å². The minimum atomic E-state index is -0.436. The van der Waals surface area contributed by atoms with Gasteiger partial charge in [-0.25, -0.2) is 4.79 Å². The fraction of sp³-hybridized carbons (Fsp3) is 0.833. The third kappa shape index (κ3) is 6.26. The molecule has 3 amide bonds. The van der Waals surface area contributed by atoms with Gasteiger partial charge in [0.05, 0.1) is 6.54 Å². The van der Waals surface area contributed by atoms with E-state index in [-0.39, 0.29) is 23.9 Å². The minimum Gasteiger partial charge on any atom is -0.338 e. The van der Waals surface area contributed by atoms with Gasteiger partial charge in [0.1, 0.15) is 0 Å². The predicted molar refractivity (Wildman–Crippen MR) is 68.8 cm³/mol. The van der Waals surface area contributed by atoms with E-state index in [0.29, 0.717) is 6.54 Å². The van der Waals surface area contributed by atoms with Crippen LogP contribution in [0.15, 0.2) is 0 Å². The zero-order valence-corrected chi connectivity index (χ0v) is 11.8. The van der Waals surface area contributed by atoms with Crippen molar-refractivity contribution in [2.75, 3.05) is 20.1 Å². The van der Waals surface area contributed by atoms with Gasteiger partial charge in [-0.15, -0.1) is 0 Å². The molecule has 0 spiro atoms. The second-order valence-electron chi connectivity index (χ2n) is 5.36. The van der Waals surface area contributed by atoms with Gasteiger partial charge in [0.2, 0.25) is 5.91 Å². The molecule has 0 heterocycles. The molecule has 0 saturated carbocycles. The molecule has 0 rings (SSSR count). The topological polar surface area (TPSA) is 61.4 Å². The number of urea groups is 1. The van der Waals surface area contributed by atoms with Crippen LogP contribution in [-0.2, 0) is 4.79 Å². The maximum Gasteiger partial charge on any atom is 0.321 e. The second-order valence-corrected chi connectivity index (χ2v) is 5.36. The lowest BCUT2D eigenvalue weighted by atomic mass is 9.87. The van der Waals surface area contributed by atoms with Crippen molar-refractivity contribution in [3.05, 3.63) is 0 Å². The largest absolute Gasteiger partial charge is 0.338 e. The van der Waals surface area contributed by atoms with Crippen molar-refractivity contribution < 1.29 is 9.59 Å². The molecule has 0 aromatic carbocycles. The highest BCUT2D eigenvalue weighted by Crippen LogP contribution is 2.22. The van der Waals surface area contributed by atoms with Gasteiger partial charge in [0, 0.05) is 12.6 Å². The van der Waals surface area contributed by atoms with Crippen molar-refractivity contribution >= 4 is 11.9 Å². The van der Waals surface area contributed by atoms with E-state index in [1.54, 1.807) is 6.92 Å². The third-order valence-corrected chi connectivity index (χ3v) is 2.90. The van der Waals surface area contributed by atoms with E-state index in [1.165, 1.54) is 0 Å². The Labute approximate surface area is 104 Å². The third-order valence-electron chi connectivity index (χ3n) is 2.90. The van der Waals surface area contributed by atoms with Gasteiger partial charge in [-0.1, -0.05) is 20.8 Å². The highest BCUT2D eigenvalue weighted by molar-refractivity contribution is 5.95. The molecule has 0 aliphatic rings. The lowest BCUT2D eigenvalue weighted by molar-refractivity contribution is -0.121. The highest BCUT2D eigenvalue weighted by atomic mass is 16.2. The van der Waals surface area contributed by atoms with Gasteiger partial charge in [-0.05, 0) is 26.3 Å². The molecule has 0 aliphatic heterocycles. The molecule has 2 N–H and O–H groups in total. The van der Waals surface area contributed by atoms with Crippen molar-refractivity contribution in [2.24, 2.45) is 5.41 Å². The van der Waals surface area contributed by atoms with E-state index >= 15 is 0 Å². The van der Waals surface area contributed by atoms with E-state index < -0.39 is 6.03 Å². The molecule has 1 atom stereocenters. The monoisotopic (exact) mass is 243 g/mol. The summed E-state index contributed by atoms with van der Waals surface area (Å²) >= 11 is 0. The van der Waals surface area contributed by atoms with Gasteiger partial charge in [-0.3, -0.25) is 15.0 Å². The smallest absolute Gasteiger partial charge is 0.321 e. The number of likely N-dealkylation sites (N-methyl/N-ethyl adjacent to an activating group) is 1. The first-order chi connectivity index (χ1) is 7.68. The van der Waals surface area contributed by atoms with Crippen molar-refractivity contribution in [3.8, 4) is 0 Å². The molecule has 5 nitrogen and oxygen atoms in total. The molecular weight excluding hydrogens is 218 g/mol. The molecule has 0 saturated heterocycles. The Morgan fingerprint density at radius 2 is 1.82 bits per heavy atom. The summed E-state index contributed by atoms with van der Waals surface area (Å²) < 4.78 is 0. The van der Waals surface area contributed by atoms with Crippen molar-refractivity contribution in [1.82, 2.24) is 15.5 Å². The van der Waals surface area contributed by atoms with Crippen LogP contribution < -0.4 is 10.6 Å². The SMILES string of the molecule is CCNC(=O)NC(=O)CN(C)[C@H](C)C(C)(C)C. The van der Waals surface area contributed by atoms with Crippen molar-refractivity contribution in [3.63, 3.8) is 0 Å². The number of imide groups is 1. The summed E-state index contributed by atoms with van der Waals surface area (Å²) in [5.41, 5.74) is 0.0979. The molecule has 0 fully saturated rings. The fourth-order valence-corrected chi connectivity index (χ4v) is 1.40. The zero-order chi connectivity index (χ0) is 13.6. The van der Waals surface area contributed by atoms with Gasteiger partial charge in [0.15, 0.2) is 0 Å². The number of rotatable bonds is 4. The molecule has 17 heavy (non-hydrogen) atoms. The van der Waals surface area contributed by atoms with Crippen LogP contribution in [0.3, 0.4) is 0 Å². The van der Waals surface area contributed by atoms with Crippen LogP contribution in [0.5, 0.6) is 0 Å². The summed E-state index contributed by atoms with van der Waals surface area (Å²) in [6, 6.07) is -0.184. The molecule has 0 aromatic rings. The first kappa shape index (κ1) is 15.9. The number of amides is 3. The Morgan fingerprint density at radius 3 is 2.24 bits per heavy atom. The molecule has 0 bridgehead atoms. The normalized spacial score (nSPS) is 13.4. The Hall–Kier alpha value is -1.10. The van der Waals surface area contributed by atoms with E-state index in [4.69, 9.17) is 0 Å². The minimum absolute atomic E-state index is 0.0979. The zero-order valence-electron chi connectivity index (χ0n) is 11.8. The summed E-state index contributed by atoms with van der Waals surface area (Å²) in [7, 11) is 1.88. The molecule has 0 aliphatic carbocycles. The van der Waals surface area contributed by atoms with E-state index in [9.17, 15) is 9.59 Å². The van der Waals surface area contributed by atoms with Gasteiger partial charge in [-0.2, -0.15) is 0 Å². The molecule has 5 heteroatoms. The first-order valence-electron chi connectivity index (χ1n) is 5.96. The maximum atomic E-state index is 11.6. The van der Waals surface area contributed by atoms with Crippen LogP contribution in [-0.4, -0.2) is 43.0 Å². The predicted octanol–water partition coefficient (Wildman–Crippen LogP) is 1.20. The van der Waals surface area contributed by atoms with Gasteiger partial charge in [0.25, 0.3) is 0 Å². The van der Waals surface area contributed by atoms with Crippen LogP contribution in [0.1, 0.15) is 34.6 Å². The number of carbonyl (C=O) groups excluding carboxylic acids is 2. The number of carbonyl (C=O) groups is 2. The first-order valence-corrected chi connectivity index (χ1v) is 5.96. The lowest BCUT2D eigenvalue weighted by Gasteiger charge is -2.34. The molecule has 0 aromatic heterocycles. The van der Waals surface area contributed by atoms with Crippen LogP contribution in [0, 0.1) is 5.41 Å². The Balaban J connectivity index is 4.17. The van der Waals surface area contributed by atoms with Crippen LogP contribution >= 0.6 is 0 Å². The Kier molecular flexibility index (Phi) is 6.16. The van der Waals surface area contributed by atoms with Gasteiger partial charge >= 0.3 is 6.03 Å². The fourth-order valence-electron chi connectivity index (χ4n) is 1.40. The van der Waals surface area contributed by atoms with Crippen LogP contribution in [0.25, 0.3) is 0 Å². The Morgan fingerprint density at radius 1 is 1.29 bits per heavy atom. The van der Waals surface area contributed by atoms with Crippen molar-refractivity contribution in [1.29, 1.82) is 0 Å². The maximum absolute atomic E-state index is 11.6. The molecule has 0 radical (unpaired) electrons. The second kappa shape index (κ2) is 6.59. The van der Waals surface area contributed by atoms with E-state index in [2.05, 4.69) is 38.3 Å². The average Bonchev–Trinajstić information content (AvgIpc) is 2.14. The average molecular weight is 243 g/mol. The summed E-state index contributed by atoms with van der Waals surface area (Å²) in [5, 5.41) is 4.81. The summed E-state index contributed by atoms with van der Waals surface area (Å²) in [5.74, 6) is -0.283. The molecule has 100 valence electrons. The number of hydrogen-bond donors (Lipinski definition) is 2. The number of hydrogen-bond acceptors (Lipinski definition) is 3. The lowest BCUT2D eigenvalue weighted by Crippen LogP contribution is -2.47. The summed E-state index contributed by atoms with van der Waals surface area (Å²) in [6.07, 6.45) is 0. The molecular formula is C12H25N3O2. The summed E-state index contributed by atoms with van der Waals surface area (Å²) in [4.78, 5) is 24.6. The van der Waals surface area contributed by atoms with Crippen LogP contribution in [0.2, 0.25) is 0 Å². The number of nitrogens with one attached hydrogen (secondary N) is 2. The van der Waals surface area contributed by atoms with E-state index in [0.717, 1.165) is 0 Å². The Bertz CT molecular complexity index is 271. The standard InChI is InChI=1S/C12H25N3O2/c1-7-13-11(17)14-10(16)8-15(6)9(2)12(3,4)5/h9H,7-8H2,1-6H3,(H2,13,14,16,17)/t9-/m1/s1. The summed E-state index contributed by atoms with van der Waals surface area (Å²) in [6.45, 7) is 11.0. The van der Waals surface area contributed by atoms with Gasteiger partial charge < -0.3 is 5.32 Å². The quantitative estimate of drug-likeness (QED) is 0.780. The highest BCUT2D eigenvalue weighted by Gasteiger charge is 2.25. The number of nitrogens with zero attached hydrogens (tertiary/aromatic N) is 1. The van der Waals surface area contributed by atoms with Crippen LogP contribution in [0.4, 0.5) is 4.79 Å². The molecule has 0 unspecified atom stereocenters.